The molecule has 1 aromatic heterocycles. The van der Waals surface area contributed by atoms with Crippen LogP contribution >= 0.6 is 0 Å². The highest BCUT2D eigenvalue weighted by atomic mass is 16.5. The number of aromatic nitrogens is 2. The minimum atomic E-state index is 0.330. The van der Waals surface area contributed by atoms with Crippen molar-refractivity contribution in [2.75, 3.05) is 23.8 Å². The Balaban J connectivity index is 1.59. The minimum Gasteiger partial charge on any atom is -0.376 e. The summed E-state index contributed by atoms with van der Waals surface area (Å²) in [5, 5.41) is 6.83. The average Bonchev–Trinajstić information content (AvgIpc) is 3.08. The van der Waals surface area contributed by atoms with Crippen molar-refractivity contribution in [1.82, 2.24) is 9.97 Å². The molecular formula is C15H24N4O. The van der Waals surface area contributed by atoms with Crippen LogP contribution in [0.4, 0.5) is 11.8 Å². The van der Waals surface area contributed by atoms with Crippen LogP contribution in [0.2, 0.25) is 0 Å². The molecule has 110 valence electrons. The number of nitrogens with one attached hydrogen (secondary N) is 2. The molecule has 2 aliphatic rings. The first-order chi connectivity index (χ1) is 9.79. The number of nitrogens with zero attached hydrogens (tertiary/aromatic N) is 2. The van der Waals surface area contributed by atoms with Crippen molar-refractivity contribution in [2.45, 2.75) is 57.6 Å². The second-order valence-electron chi connectivity index (χ2n) is 5.86. The molecule has 1 aliphatic carbocycles. The molecule has 1 aliphatic heterocycles. The highest BCUT2D eigenvalue weighted by Gasteiger charge is 2.17. The Labute approximate surface area is 120 Å². The van der Waals surface area contributed by atoms with Gasteiger partial charge in [-0.2, -0.15) is 4.98 Å². The number of rotatable bonds is 5. The molecule has 20 heavy (non-hydrogen) atoms. The van der Waals surface area contributed by atoms with E-state index in [2.05, 4.69) is 20.6 Å². The maximum Gasteiger partial charge on any atom is 0.225 e. The van der Waals surface area contributed by atoms with E-state index in [9.17, 15) is 0 Å². The Morgan fingerprint density at radius 2 is 2.05 bits per heavy atom. The van der Waals surface area contributed by atoms with Gasteiger partial charge in [-0.3, -0.25) is 0 Å². The van der Waals surface area contributed by atoms with Crippen LogP contribution in [-0.4, -0.2) is 35.3 Å². The molecule has 1 saturated heterocycles. The zero-order chi connectivity index (χ0) is 13.8. The van der Waals surface area contributed by atoms with Gasteiger partial charge in [-0.1, -0.05) is 12.8 Å². The molecule has 2 N–H and O–H groups in total. The molecule has 1 atom stereocenters. The third-order valence-electron chi connectivity index (χ3n) is 4.08. The zero-order valence-corrected chi connectivity index (χ0v) is 12.2. The molecule has 5 heteroatoms. The molecule has 0 amide bonds. The highest BCUT2D eigenvalue weighted by molar-refractivity contribution is 5.42. The molecule has 0 radical (unpaired) electrons. The summed E-state index contributed by atoms with van der Waals surface area (Å²) in [5.74, 6) is 1.65. The van der Waals surface area contributed by atoms with E-state index in [4.69, 9.17) is 4.74 Å². The van der Waals surface area contributed by atoms with Crippen LogP contribution < -0.4 is 10.6 Å². The van der Waals surface area contributed by atoms with Crippen molar-refractivity contribution in [2.24, 2.45) is 0 Å². The second-order valence-corrected chi connectivity index (χ2v) is 5.86. The van der Waals surface area contributed by atoms with Crippen molar-refractivity contribution in [1.29, 1.82) is 0 Å². The Morgan fingerprint density at radius 3 is 2.80 bits per heavy atom. The first-order valence-electron chi connectivity index (χ1n) is 7.77. The molecule has 0 spiro atoms. The quantitative estimate of drug-likeness (QED) is 0.866. The molecule has 0 bridgehead atoms. The Kier molecular flexibility index (Phi) is 4.35. The lowest BCUT2D eigenvalue weighted by Crippen LogP contribution is -2.21. The Morgan fingerprint density at radius 1 is 1.20 bits per heavy atom. The van der Waals surface area contributed by atoms with Gasteiger partial charge in [-0.25, -0.2) is 4.98 Å². The predicted octanol–water partition coefficient (Wildman–Crippen LogP) is 2.73. The van der Waals surface area contributed by atoms with E-state index in [-0.39, 0.29) is 0 Å². The van der Waals surface area contributed by atoms with Crippen molar-refractivity contribution >= 4 is 11.8 Å². The topological polar surface area (TPSA) is 59.1 Å². The number of anilines is 2. The number of ether oxygens (including phenoxy) is 1. The molecule has 1 aromatic rings. The van der Waals surface area contributed by atoms with Crippen LogP contribution in [-0.2, 0) is 4.74 Å². The van der Waals surface area contributed by atoms with Crippen molar-refractivity contribution < 1.29 is 4.74 Å². The lowest BCUT2D eigenvalue weighted by molar-refractivity contribution is 0.120. The monoisotopic (exact) mass is 276 g/mol. The standard InChI is InChI=1S/C15H24N4O/c1-11-9-14(16-10-13-7-4-8-20-13)19-15(17-11)18-12-5-2-3-6-12/h9,12-13H,2-8,10H2,1H3,(H2,16,17,18,19). The summed E-state index contributed by atoms with van der Waals surface area (Å²) in [5.41, 5.74) is 0.996. The largest absolute Gasteiger partial charge is 0.376 e. The third kappa shape index (κ3) is 3.60. The molecule has 0 aromatic carbocycles. The molecular weight excluding hydrogens is 252 g/mol. The number of hydrogen-bond donors (Lipinski definition) is 2. The SMILES string of the molecule is Cc1cc(NCC2CCCO2)nc(NC2CCCC2)n1. The molecule has 1 saturated carbocycles. The highest BCUT2D eigenvalue weighted by Crippen LogP contribution is 2.21. The summed E-state index contributed by atoms with van der Waals surface area (Å²) in [7, 11) is 0. The first-order valence-corrected chi connectivity index (χ1v) is 7.77. The van der Waals surface area contributed by atoms with E-state index in [1.807, 2.05) is 13.0 Å². The van der Waals surface area contributed by atoms with E-state index >= 15 is 0 Å². The Bertz CT molecular complexity index is 439. The Hall–Kier alpha value is -1.36. The third-order valence-corrected chi connectivity index (χ3v) is 4.08. The van der Waals surface area contributed by atoms with Crippen LogP contribution in [0.1, 0.15) is 44.2 Å². The molecule has 1 unspecified atom stereocenters. The van der Waals surface area contributed by atoms with Crippen LogP contribution in [0, 0.1) is 6.92 Å². The lowest BCUT2D eigenvalue weighted by atomic mass is 10.2. The van der Waals surface area contributed by atoms with Crippen molar-refractivity contribution in [3.8, 4) is 0 Å². The van der Waals surface area contributed by atoms with Gasteiger partial charge in [0.2, 0.25) is 5.95 Å². The molecule has 2 heterocycles. The fourth-order valence-corrected chi connectivity index (χ4v) is 3.00. The maximum atomic E-state index is 5.62. The normalized spacial score (nSPS) is 23.1. The summed E-state index contributed by atoms with van der Waals surface area (Å²) in [6.07, 6.45) is 7.73. The van der Waals surface area contributed by atoms with Crippen LogP contribution in [0.25, 0.3) is 0 Å². The number of aryl methyl sites for hydroxylation is 1. The molecule has 5 nitrogen and oxygen atoms in total. The fraction of sp³-hybridized carbons (Fsp3) is 0.733. The van der Waals surface area contributed by atoms with Gasteiger partial charge in [0.05, 0.1) is 6.10 Å². The van der Waals surface area contributed by atoms with Crippen LogP contribution in [0.5, 0.6) is 0 Å². The fourth-order valence-electron chi connectivity index (χ4n) is 3.00. The van der Waals surface area contributed by atoms with Gasteiger partial charge in [-0.15, -0.1) is 0 Å². The predicted molar refractivity (Wildman–Crippen MR) is 80.1 cm³/mol. The number of hydrogen-bond acceptors (Lipinski definition) is 5. The summed E-state index contributed by atoms with van der Waals surface area (Å²) in [6.45, 7) is 3.74. The van der Waals surface area contributed by atoms with Gasteiger partial charge in [0, 0.05) is 31.0 Å². The van der Waals surface area contributed by atoms with Crippen LogP contribution in [0.15, 0.2) is 6.07 Å². The van der Waals surface area contributed by atoms with E-state index in [1.165, 1.54) is 32.1 Å². The summed E-state index contributed by atoms with van der Waals surface area (Å²) >= 11 is 0. The summed E-state index contributed by atoms with van der Waals surface area (Å²) in [4.78, 5) is 9.05. The molecule has 2 fully saturated rings. The average molecular weight is 276 g/mol. The van der Waals surface area contributed by atoms with Gasteiger partial charge in [-0.05, 0) is 32.6 Å². The lowest BCUT2D eigenvalue weighted by Gasteiger charge is -2.15. The zero-order valence-electron chi connectivity index (χ0n) is 12.2. The van der Waals surface area contributed by atoms with E-state index in [1.54, 1.807) is 0 Å². The summed E-state index contributed by atoms with van der Waals surface area (Å²) < 4.78 is 5.62. The van der Waals surface area contributed by atoms with E-state index in [0.29, 0.717) is 12.1 Å². The van der Waals surface area contributed by atoms with Gasteiger partial charge >= 0.3 is 0 Å². The molecule has 3 rings (SSSR count). The van der Waals surface area contributed by atoms with E-state index in [0.717, 1.165) is 37.0 Å². The first kappa shape index (κ1) is 13.6. The van der Waals surface area contributed by atoms with Crippen molar-refractivity contribution in [3.63, 3.8) is 0 Å². The van der Waals surface area contributed by atoms with Crippen LogP contribution in [0.3, 0.4) is 0 Å². The van der Waals surface area contributed by atoms with Gasteiger partial charge < -0.3 is 15.4 Å². The second kappa shape index (κ2) is 6.39. The summed E-state index contributed by atoms with van der Waals surface area (Å²) in [6, 6.07) is 2.54. The minimum absolute atomic E-state index is 0.330. The van der Waals surface area contributed by atoms with Gasteiger partial charge in [0.1, 0.15) is 5.82 Å². The van der Waals surface area contributed by atoms with Crippen molar-refractivity contribution in [3.05, 3.63) is 11.8 Å². The van der Waals surface area contributed by atoms with Gasteiger partial charge in [0.25, 0.3) is 0 Å². The van der Waals surface area contributed by atoms with Gasteiger partial charge in [0.15, 0.2) is 0 Å². The van der Waals surface area contributed by atoms with E-state index < -0.39 is 0 Å². The maximum absolute atomic E-state index is 5.62. The smallest absolute Gasteiger partial charge is 0.225 e.